The minimum atomic E-state index is -0.506. The summed E-state index contributed by atoms with van der Waals surface area (Å²) >= 11 is 0. The molecular formula is C9H16BNO. The summed E-state index contributed by atoms with van der Waals surface area (Å²) in [5.74, 6) is 0.549. The number of carbonyl (C=O) groups is 1. The highest BCUT2D eigenvalue weighted by atomic mass is 16.1. The van der Waals surface area contributed by atoms with Crippen LogP contribution in [0.2, 0.25) is 6.30 Å². The van der Waals surface area contributed by atoms with Crippen molar-refractivity contribution in [2.45, 2.75) is 26.1 Å². The molecule has 1 heterocycles. The van der Waals surface area contributed by atoms with E-state index in [4.69, 9.17) is 9.22 Å². The highest BCUT2D eigenvalue weighted by Crippen LogP contribution is 2.17. The van der Waals surface area contributed by atoms with Crippen molar-refractivity contribution in [3.63, 3.8) is 0 Å². The van der Waals surface area contributed by atoms with Crippen molar-refractivity contribution >= 4 is 13.6 Å². The standard InChI is InChI=1S/C9H16BNO/c1-8(12)9-2-5-11(6-3-9)7-4-10/h9H,2-7H2,1H3/i4D. The second-order valence-corrected chi connectivity index (χ2v) is 3.42. The molecule has 0 N–H and O–H groups in total. The topological polar surface area (TPSA) is 20.3 Å². The smallest absolute Gasteiger partial charge is 0.133 e. The summed E-state index contributed by atoms with van der Waals surface area (Å²) in [5, 5.41) is 0. The number of nitrogens with zero attached hydrogens (tertiary/aromatic N) is 1. The van der Waals surface area contributed by atoms with E-state index in [1.807, 2.05) is 0 Å². The second-order valence-electron chi connectivity index (χ2n) is 3.42. The number of hydrogen-bond acceptors (Lipinski definition) is 2. The van der Waals surface area contributed by atoms with Crippen LogP contribution in [-0.2, 0) is 4.79 Å². The molecule has 2 radical (unpaired) electrons. The fourth-order valence-corrected chi connectivity index (χ4v) is 1.67. The van der Waals surface area contributed by atoms with Crippen molar-refractivity contribution in [3.8, 4) is 0 Å². The average molecular weight is 166 g/mol. The molecule has 1 atom stereocenters. The Kier molecular flexibility index (Phi) is 3.22. The Bertz CT molecular complexity index is 178. The van der Waals surface area contributed by atoms with Crippen LogP contribution in [0.1, 0.15) is 21.1 Å². The molecule has 0 amide bonds. The lowest BCUT2D eigenvalue weighted by Crippen LogP contribution is -2.36. The van der Waals surface area contributed by atoms with E-state index in [9.17, 15) is 4.79 Å². The summed E-state index contributed by atoms with van der Waals surface area (Å²) in [6.45, 7) is 4.12. The summed E-state index contributed by atoms with van der Waals surface area (Å²) in [7, 11) is 5.38. The van der Waals surface area contributed by atoms with E-state index in [-0.39, 0.29) is 5.92 Å². The zero-order valence-corrected chi connectivity index (χ0v) is 7.62. The minimum Gasteiger partial charge on any atom is -0.304 e. The van der Waals surface area contributed by atoms with E-state index in [0.29, 0.717) is 12.3 Å². The molecule has 1 unspecified atom stereocenters. The van der Waals surface area contributed by atoms with Gasteiger partial charge in [0.1, 0.15) is 5.78 Å². The molecule has 12 heavy (non-hydrogen) atoms. The third kappa shape index (κ3) is 2.63. The molecule has 66 valence electrons. The first-order chi connectivity index (χ1) is 6.09. The normalized spacial score (nSPS) is 24.9. The third-order valence-electron chi connectivity index (χ3n) is 2.53. The highest BCUT2D eigenvalue weighted by molar-refractivity contribution is 6.08. The predicted octanol–water partition coefficient (Wildman–Crippen LogP) is 0.874. The molecule has 0 aliphatic carbocycles. The Labute approximate surface area is 77.1 Å². The summed E-state index contributed by atoms with van der Waals surface area (Å²) in [6.07, 6.45) is 1.36. The van der Waals surface area contributed by atoms with Gasteiger partial charge in [0.05, 0.1) is 7.85 Å². The van der Waals surface area contributed by atoms with Gasteiger partial charge in [-0.3, -0.25) is 4.79 Å². The molecule has 0 saturated carbocycles. The Morgan fingerprint density at radius 2 is 2.25 bits per heavy atom. The Morgan fingerprint density at radius 1 is 1.67 bits per heavy atom. The average Bonchev–Trinajstić information content (AvgIpc) is 2.04. The quantitative estimate of drug-likeness (QED) is 0.580. The van der Waals surface area contributed by atoms with Gasteiger partial charge in [-0.05, 0) is 39.4 Å². The van der Waals surface area contributed by atoms with Crippen LogP contribution in [0.4, 0.5) is 0 Å². The monoisotopic (exact) mass is 166 g/mol. The van der Waals surface area contributed by atoms with Crippen LogP contribution in [0.25, 0.3) is 0 Å². The lowest BCUT2D eigenvalue weighted by atomic mass is 9.92. The van der Waals surface area contributed by atoms with Gasteiger partial charge in [-0.1, -0.05) is 6.30 Å². The van der Waals surface area contributed by atoms with Crippen LogP contribution in [0, 0.1) is 5.92 Å². The van der Waals surface area contributed by atoms with E-state index in [0.717, 1.165) is 25.9 Å². The SMILES string of the molecule is [2H]C([B])CN1CCC(C(C)=O)CC1. The van der Waals surface area contributed by atoms with E-state index in [1.54, 1.807) is 6.92 Å². The molecule has 1 aliphatic rings. The summed E-state index contributed by atoms with van der Waals surface area (Å²) in [6, 6.07) is 0. The number of rotatable bonds is 3. The fraction of sp³-hybridized carbons (Fsp3) is 0.889. The van der Waals surface area contributed by atoms with E-state index in [2.05, 4.69) is 4.90 Å². The van der Waals surface area contributed by atoms with Gasteiger partial charge < -0.3 is 4.90 Å². The van der Waals surface area contributed by atoms with Gasteiger partial charge in [-0.2, -0.15) is 0 Å². The molecule has 1 saturated heterocycles. The van der Waals surface area contributed by atoms with E-state index >= 15 is 0 Å². The Balaban J connectivity index is 2.26. The van der Waals surface area contributed by atoms with Crippen LogP contribution in [0.15, 0.2) is 0 Å². The summed E-state index contributed by atoms with van der Waals surface area (Å²) in [4.78, 5) is 13.2. The first-order valence-electron chi connectivity index (χ1n) is 5.08. The minimum absolute atomic E-state index is 0.248. The highest BCUT2D eigenvalue weighted by Gasteiger charge is 2.21. The summed E-state index contributed by atoms with van der Waals surface area (Å²) in [5.41, 5.74) is 0. The zero-order chi connectivity index (χ0) is 9.84. The van der Waals surface area contributed by atoms with Crippen molar-refractivity contribution in [3.05, 3.63) is 0 Å². The van der Waals surface area contributed by atoms with E-state index < -0.39 is 6.30 Å². The van der Waals surface area contributed by atoms with Gasteiger partial charge in [-0.25, -0.2) is 0 Å². The number of piperidine rings is 1. The molecule has 0 aromatic carbocycles. The Morgan fingerprint density at radius 3 is 2.67 bits per heavy atom. The molecule has 0 spiro atoms. The number of likely N-dealkylation sites (tertiary alicyclic amines) is 1. The number of Topliss-reactive ketones (excluding diaryl/α,β-unsaturated/α-hetero) is 1. The van der Waals surface area contributed by atoms with Crippen LogP contribution >= 0.6 is 0 Å². The fourth-order valence-electron chi connectivity index (χ4n) is 1.67. The molecule has 1 fully saturated rings. The Hall–Kier alpha value is -0.305. The number of carbonyl (C=O) groups excluding carboxylic acids is 1. The first-order valence-corrected chi connectivity index (χ1v) is 4.50. The molecule has 0 aromatic heterocycles. The maximum absolute atomic E-state index is 11.0. The van der Waals surface area contributed by atoms with Crippen LogP contribution in [-0.4, -0.2) is 38.2 Å². The van der Waals surface area contributed by atoms with Gasteiger partial charge >= 0.3 is 0 Å². The first kappa shape index (κ1) is 8.30. The van der Waals surface area contributed by atoms with Crippen LogP contribution in [0.5, 0.6) is 0 Å². The molecule has 1 rings (SSSR count). The maximum Gasteiger partial charge on any atom is 0.133 e. The largest absolute Gasteiger partial charge is 0.304 e. The van der Waals surface area contributed by atoms with Gasteiger partial charge in [0.15, 0.2) is 0 Å². The molecular weight excluding hydrogens is 149 g/mol. The summed E-state index contributed by atoms with van der Waals surface area (Å²) < 4.78 is 7.22. The number of hydrogen-bond donors (Lipinski definition) is 0. The van der Waals surface area contributed by atoms with Crippen molar-refractivity contribution < 1.29 is 6.17 Å². The molecule has 3 heteroatoms. The lowest BCUT2D eigenvalue weighted by molar-refractivity contribution is -0.122. The van der Waals surface area contributed by atoms with Gasteiger partial charge in [0.2, 0.25) is 0 Å². The molecule has 0 bridgehead atoms. The predicted molar refractivity (Wildman–Crippen MR) is 50.4 cm³/mol. The molecule has 1 aliphatic heterocycles. The third-order valence-corrected chi connectivity index (χ3v) is 2.53. The molecule has 2 nitrogen and oxygen atoms in total. The maximum atomic E-state index is 11.0. The second kappa shape index (κ2) is 4.66. The van der Waals surface area contributed by atoms with Gasteiger partial charge in [-0.15, -0.1) is 0 Å². The van der Waals surface area contributed by atoms with Crippen molar-refractivity contribution in [1.82, 2.24) is 4.90 Å². The van der Waals surface area contributed by atoms with Crippen molar-refractivity contribution in [2.75, 3.05) is 19.6 Å². The van der Waals surface area contributed by atoms with Gasteiger partial charge in [0.25, 0.3) is 0 Å². The zero-order valence-electron chi connectivity index (χ0n) is 8.62. The lowest BCUT2D eigenvalue weighted by Gasteiger charge is -2.30. The van der Waals surface area contributed by atoms with Crippen molar-refractivity contribution in [2.24, 2.45) is 5.92 Å². The van der Waals surface area contributed by atoms with E-state index in [1.165, 1.54) is 0 Å². The molecule has 0 aromatic rings. The number of ketones is 1. The van der Waals surface area contributed by atoms with Gasteiger partial charge in [0, 0.05) is 7.29 Å². The van der Waals surface area contributed by atoms with Crippen LogP contribution in [0.3, 0.4) is 0 Å². The van der Waals surface area contributed by atoms with Crippen molar-refractivity contribution in [1.29, 1.82) is 0 Å². The van der Waals surface area contributed by atoms with Crippen LogP contribution < -0.4 is 0 Å².